The minimum Gasteiger partial charge on any atom is -0.463 e. The van der Waals surface area contributed by atoms with E-state index in [0.29, 0.717) is 0 Å². The standard InChI is InChI=1S/C24H25Cl3N4O6/c1-15(32)33-14-18-20(34-12-16-8-4-2-5-9-16)21(35-13-17-10-6-3-7-11-17)19(30-31-29)22(36-18)37-23(28)24(25,26)27/h2-11,18-22,28H,12-14H2,1H3/t18-,19-,20-,21-,22-/m1/s1. The average molecular weight is 572 g/mol. The molecule has 3 rings (SSSR count). The van der Waals surface area contributed by atoms with E-state index in [1.165, 1.54) is 6.92 Å². The Balaban J connectivity index is 1.95. The molecule has 0 aliphatic carbocycles. The van der Waals surface area contributed by atoms with E-state index in [4.69, 9.17) is 63.9 Å². The number of nitrogens with zero attached hydrogens (tertiary/aromatic N) is 3. The molecule has 0 saturated carbocycles. The van der Waals surface area contributed by atoms with Crippen LogP contribution < -0.4 is 0 Å². The Morgan fingerprint density at radius 2 is 1.57 bits per heavy atom. The van der Waals surface area contributed by atoms with Gasteiger partial charge in [0.15, 0.2) is 0 Å². The summed E-state index contributed by atoms with van der Waals surface area (Å²) >= 11 is 17.4. The lowest BCUT2D eigenvalue weighted by Gasteiger charge is -2.44. The number of esters is 1. The molecule has 1 aliphatic heterocycles. The molecule has 1 aliphatic rings. The number of ether oxygens (including phenoxy) is 5. The number of hydrogen-bond donors (Lipinski definition) is 1. The first-order valence-corrected chi connectivity index (χ1v) is 12.3. The molecule has 0 spiro atoms. The predicted molar refractivity (Wildman–Crippen MR) is 137 cm³/mol. The minimum absolute atomic E-state index is 0.128. The molecule has 37 heavy (non-hydrogen) atoms. The maximum Gasteiger partial charge on any atom is 0.302 e. The average Bonchev–Trinajstić information content (AvgIpc) is 2.87. The first kappa shape index (κ1) is 29.0. The highest BCUT2D eigenvalue weighted by Crippen LogP contribution is 2.34. The van der Waals surface area contributed by atoms with Crippen molar-refractivity contribution in [1.82, 2.24) is 0 Å². The second kappa shape index (κ2) is 13.8. The highest BCUT2D eigenvalue weighted by atomic mass is 35.6. The van der Waals surface area contributed by atoms with Crippen molar-refractivity contribution in [3.8, 4) is 0 Å². The van der Waals surface area contributed by atoms with Gasteiger partial charge in [0.25, 0.3) is 3.79 Å². The van der Waals surface area contributed by atoms with Gasteiger partial charge in [-0.3, -0.25) is 10.2 Å². The lowest BCUT2D eigenvalue weighted by Crippen LogP contribution is -2.61. The maximum atomic E-state index is 11.6. The Labute approximate surface area is 228 Å². The van der Waals surface area contributed by atoms with E-state index in [1.807, 2.05) is 60.7 Å². The number of carbonyl (C=O) groups is 1. The zero-order valence-electron chi connectivity index (χ0n) is 19.7. The van der Waals surface area contributed by atoms with Gasteiger partial charge in [-0.15, -0.1) is 0 Å². The number of benzene rings is 2. The van der Waals surface area contributed by atoms with Crippen LogP contribution in [0.2, 0.25) is 0 Å². The van der Waals surface area contributed by atoms with Crippen molar-refractivity contribution in [2.75, 3.05) is 6.61 Å². The molecular formula is C24H25Cl3N4O6. The van der Waals surface area contributed by atoms with E-state index in [0.717, 1.165) is 11.1 Å². The van der Waals surface area contributed by atoms with Gasteiger partial charge in [-0.25, -0.2) is 0 Å². The van der Waals surface area contributed by atoms with Crippen molar-refractivity contribution in [3.05, 3.63) is 82.2 Å². The monoisotopic (exact) mass is 570 g/mol. The number of alkyl halides is 3. The SMILES string of the molecule is CC(=O)OC[C@H]1O[C@H](OC(=N)C(Cl)(Cl)Cl)[C@H](N=[N+]=[N-])[C@@H](OCc2ccccc2)[C@@H]1OCc1ccccc1. The topological polar surface area (TPSA) is 136 Å². The van der Waals surface area contributed by atoms with E-state index in [-0.39, 0.29) is 19.8 Å². The molecule has 198 valence electrons. The Kier molecular flexibility index (Phi) is 10.8. The zero-order valence-corrected chi connectivity index (χ0v) is 22.0. The highest BCUT2D eigenvalue weighted by Gasteiger charge is 2.50. The molecule has 10 nitrogen and oxygen atoms in total. The van der Waals surface area contributed by atoms with Gasteiger partial charge in [-0.05, 0) is 16.7 Å². The fraction of sp³-hybridized carbons (Fsp3) is 0.417. The first-order valence-electron chi connectivity index (χ1n) is 11.2. The van der Waals surface area contributed by atoms with Crippen LogP contribution in [0.3, 0.4) is 0 Å². The molecule has 1 N–H and O–H groups in total. The van der Waals surface area contributed by atoms with Crippen LogP contribution in [0.15, 0.2) is 65.8 Å². The van der Waals surface area contributed by atoms with Gasteiger partial charge in [-0.2, -0.15) is 0 Å². The van der Waals surface area contributed by atoms with Gasteiger partial charge in [0.05, 0.1) is 13.2 Å². The van der Waals surface area contributed by atoms with Crippen molar-refractivity contribution in [3.63, 3.8) is 0 Å². The van der Waals surface area contributed by atoms with Crippen LogP contribution in [-0.2, 0) is 41.7 Å². The van der Waals surface area contributed by atoms with Crippen LogP contribution in [-0.4, -0.2) is 52.9 Å². The van der Waals surface area contributed by atoms with Crippen molar-refractivity contribution in [2.45, 2.75) is 54.6 Å². The predicted octanol–water partition coefficient (Wildman–Crippen LogP) is 5.49. The molecular weight excluding hydrogens is 547 g/mol. The van der Waals surface area contributed by atoms with Crippen LogP contribution in [0.1, 0.15) is 18.1 Å². The molecule has 2 aromatic rings. The van der Waals surface area contributed by atoms with E-state index in [9.17, 15) is 10.3 Å². The van der Waals surface area contributed by atoms with Gasteiger partial charge < -0.3 is 23.7 Å². The number of carbonyl (C=O) groups excluding carboxylic acids is 1. The third-order valence-corrected chi connectivity index (χ3v) is 5.83. The van der Waals surface area contributed by atoms with E-state index in [2.05, 4.69) is 10.0 Å². The lowest BCUT2D eigenvalue weighted by molar-refractivity contribution is -0.267. The summed E-state index contributed by atoms with van der Waals surface area (Å²) in [4.78, 5) is 14.5. The van der Waals surface area contributed by atoms with Crippen LogP contribution in [0.5, 0.6) is 0 Å². The molecule has 5 atom stereocenters. The molecule has 13 heteroatoms. The normalized spacial score (nSPS) is 23.5. The van der Waals surface area contributed by atoms with Crippen LogP contribution >= 0.6 is 34.8 Å². The Bertz CT molecular complexity index is 1080. The Morgan fingerprint density at radius 3 is 2.05 bits per heavy atom. The Hall–Kier alpha value is -2.56. The summed E-state index contributed by atoms with van der Waals surface area (Å²) in [6.07, 6.45) is -4.17. The second-order valence-corrected chi connectivity index (χ2v) is 10.3. The number of halogens is 3. The van der Waals surface area contributed by atoms with E-state index < -0.39 is 46.3 Å². The quantitative estimate of drug-likeness (QED) is 0.0762. The van der Waals surface area contributed by atoms with Crippen LogP contribution in [0.4, 0.5) is 0 Å². The number of rotatable bonds is 10. The summed E-state index contributed by atoms with van der Waals surface area (Å²) < 4.78 is 26.9. The highest BCUT2D eigenvalue weighted by molar-refractivity contribution is 6.76. The van der Waals surface area contributed by atoms with Crippen molar-refractivity contribution >= 4 is 46.7 Å². The van der Waals surface area contributed by atoms with Gasteiger partial charge in [-0.1, -0.05) is 101 Å². The molecule has 0 radical (unpaired) electrons. The molecule has 1 fully saturated rings. The molecule has 0 amide bonds. The van der Waals surface area contributed by atoms with Crippen LogP contribution in [0.25, 0.3) is 10.4 Å². The lowest BCUT2D eigenvalue weighted by atomic mass is 9.96. The van der Waals surface area contributed by atoms with Gasteiger partial charge in [0.1, 0.15) is 31.0 Å². The summed E-state index contributed by atoms with van der Waals surface area (Å²) in [7, 11) is 0. The summed E-state index contributed by atoms with van der Waals surface area (Å²) in [5.41, 5.74) is 11.0. The number of nitrogens with one attached hydrogen (secondary N) is 1. The number of hydrogen-bond acceptors (Lipinski definition) is 8. The summed E-state index contributed by atoms with van der Waals surface area (Å²) in [6, 6.07) is 17.5. The summed E-state index contributed by atoms with van der Waals surface area (Å²) in [5, 5.41) is 11.8. The van der Waals surface area contributed by atoms with Crippen molar-refractivity contribution in [1.29, 1.82) is 5.41 Å². The van der Waals surface area contributed by atoms with Crippen molar-refractivity contribution < 1.29 is 28.5 Å². The van der Waals surface area contributed by atoms with Crippen molar-refractivity contribution in [2.24, 2.45) is 5.11 Å². The fourth-order valence-corrected chi connectivity index (χ4v) is 3.75. The summed E-state index contributed by atoms with van der Waals surface area (Å²) in [6.45, 7) is 1.31. The van der Waals surface area contributed by atoms with Gasteiger partial charge in [0.2, 0.25) is 12.2 Å². The van der Waals surface area contributed by atoms with E-state index >= 15 is 0 Å². The largest absolute Gasteiger partial charge is 0.463 e. The minimum atomic E-state index is -2.20. The fourth-order valence-electron chi connectivity index (χ4n) is 3.61. The first-order chi connectivity index (χ1) is 17.7. The van der Waals surface area contributed by atoms with Gasteiger partial charge >= 0.3 is 5.97 Å². The zero-order chi connectivity index (χ0) is 26.8. The molecule has 0 bridgehead atoms. The van der Waals surface area contributed by atoms with E-state index in [1.54, 1.807) is 0 Å². The molecule has 1 saturated heterocycles. The molecule has 0 unspecified atom stereocenters. The second-order valence-electron chi connectivity index (χ2n) is 8.01. The van der Waals surface area contributed by atoms with Crippen LogP contribution in [0, 0.1) is 5.41 Å². The molecule has 2 aromatic carbocycles. The number of azide groups is 1. The Morgan fingerprint density at radius 1 is 1.03 bits per heavy atom. The molecule has 1 heterocycles. The third-order valence-electron chi connectivity index (χ3n) is 5.31. The maximum absolute atomic E-state index is 11.6. The summed E-state index contributed by atoms with van der Waals surface area (Å²) in [5.74, 6) is -1.30. The smallest absolute Gasteiger partial charge is 0.302 e. The third kappa shape index (κ3) is 8.76. The van der Waals surface area contributed by atoms with Gasteiger partial charge in [0, 0.05) is 11.8 Å². The molecule has 0 aromatic heterocycles.